The molecule has 0 bridgehead atoms. The average molecular weight is 266 g/mol. The Morgan fingerprint density at radius 3 is 2.40 bits per heavy atom. The molecule has 2 aromatic rings. The van der Waals surface area contributed by atoms with Gasteiger partial charge in [0.25, 0.3) is 5.91 Å². The third-order valence-electron chi connectivity index (χ3n) is 3.03. The van der Waals surface area contributed by atoms with Gasteiger partial charge in [0.05, 0.1) is 22.9 Å². The lowest BCUT2D eigenvalue weighted by atomic mass is 10.1. The minimum Gasteiger partial charge on any atom is -0.399 e. The largest absolute Gasteiger partial charge is 0.399 e. The third kappa shape index (κ3) is 2.54. The normalized spacial score (nSPS) is 9.80. The van der Waals surface area contributed by atoms with E-state index >= 15 is 0 Å². The molecule has 0 atom stereocenters. The summed E-state index contributed by atoms with van der Waals surface area (Å²) in [4.78, 5) is 13.3. The first-order valence-electron chi connectivity index (χ1n) is 5.96. The monoisotopic (exact) mass is 266 g/mol. The molecule has 0 saturated carbocycles. The molecule has 0 saturated heterocycles. The number of anilines is 3. The van der Waals surface area contributed by atoms with Gasteiger partial charge in [-0.2, -0.15) is 5.26 Å². The topological polar surface area (TPSA) is 96.1 Å². The van der Waals surface area contributed by atoms with E-state index in [-0.39, 0.29) is 0 Å². The molecule has 0 aliphatic heterocycles. The van der Waals surface area contributed by atoms with Gasteiger partial charge in [-0.1, -0.05) is 0 Å². The van der Waals surface area contributed by atoms with Crippen LogP contribution in [-0.4, -0.2) is 13.0 Å². The summed E-state index contributed by atoms with van der Waals surface area (Å²) in [7, 11) is 1.81. The van der Waals surface area contributed by atoms with Crippen molar-refractivity contribution in [3.63, 3.8) is 0 Å². The van der Waals surface area contributed by atoms with Crippen molar-refractivity contribution in [3.05, 3.63) is 53.6 Å². The van der Waals surface area contributed by atoms with E-state index in [1.165, 1.54) is 0 Å². The number of nitrogen functional groups attached to an aromatic ring is 1. The molecule has 0 aliphatic rings. The summed E-state index contributed by atoms with van der Waals surface area (Å²) >= 11 is 0. The number of amides is 1. The van der Waals surface area contributed by atoms with Crippen LogP contribution in [0, 0.1) is 11.3 Å². The molecule has 0 aliphatic carbocycles. The predicted molar refractivity (Wildman–Crippen MR) is 78.6 cm³/mol. The second-order valence-electron chi connectivity index (χ2n) is 4.36. The van der Waals surface area contributed by atoms with Crippen molar-refractivity contribution in [2.45, 2.75) is 0 Å². The molecule has 4 N–H and O–H groups in total. The number of carbonyl (C=O) groups excluding carboxylic acids is 1. The highest BCUT2D eigenvalue weighted by molar-refractivity contribution is 6.00. The minimum absolute atomic E-state index is 0.394. The summed E-state index contributed by atoms with van der Waals surface area (Å²) in [5, 5.41) is 8.80. The highest BCUT2D eigenvalue weighted by Gasteiger charge is 2.13. The van der Waals surface area contributed by atoms with E-state index < -0.39 is 5.91 Å². The van der Waals surface area contributed by atoms with Gasteiger partial charge in [-0.05, 0) is 42.5 Å². The first-order chi connectivity index (χ1) is 9.52. The van der Waals surface area contributed by atoms with Gasteiger partial charge in [0.15, 0.2) is 0 Å². The lowest BCUT2D eigenvalue weighted by Gasteiger charge is -2.22. The Morgan fingerprint density at radius 2 is 1.85 bits per heavy atom. The highest BCUT2D eigenvalue weighted by Crippen LogP contribution is 2.29. The van der Waals surface area contributed by atoms with Crippen LogP contribution in [0.4, 0.5) is 17.1 Å². The Balaban J connectivity index is 2.46. The van der Waals surface area contributed by atoms with E-state index in [0.29, 0.717) is 22.5 Å². The Kier molecular flexibility index (Phi) is 3.58. The predicted octanol–water partition coefficient (Wildman–Crippen LogP) is 2.01. The van der Waals surface area contributed by atoms with E-state index in [1.807, 2.05) is 7.05 Å². The molecule has 2 rings (SSSR count). The molecule has 5 heteroatoms. The number of rotatable bonds is 3. The van der Waals surface area contributed by atoms with E-state index in [9.17, 15) is 4.79 Å². The number of benzene rings is 2. The number of hydrogen-bond donors (Lipinski definition) is 2. The standard InChI is InChI=1S/C15H14N4O/c1-19(12-5-2-10(9-16)3-6-12)14-8-11(17)4-7-13(14)15(18)20/h2-8H,17H2,1H3,(H2,18,20). The number of nitrogens with two attached hydrogens (primary N) is 2. The second kappa shape index (κ2) is 5.33. The fourth-order valence-corrected chi connectivity index (χ4v) is 1.93. The number of hydrogen-bond acceptors (Lipinski definition) is 4. The van der Waals surface area contributed by atoms with Crippen LogP contribution in [0.3, 0.4) is 0 Å². The molecular weight excluding hydrogens is 252 g/mol. The highest BCUT2D eigenvalue weighted by atomic mass is 16.1. The van der Waals surface area contributed by atoms with Gasteiger partial charge in [-0.25, -0.2) is 0 Å². The molecule has 100 valence electrons. The van der Waals surface area contributed by atoms with E-state index in [0.717, 1.165) is 5.69 Å². The molecule has 0 radical (unpaired) electrons. The molecule has 0 unspecified atom stereocenters. The maximum atomic E-state index is 11.5. The van der Waals surface area contributed by atoms with E-state index in [2.05, 4.69) is 6.07 Å². The third-order valence-corrected chi connectivity index (χ3v) is 3.03. The van der Waals surface area contributed by atoms with Crippen molar-refractivity contribution >= 4 is 23.0 Å². The van der Waals surface area contributed by atoms with E-state index in [1.54, 1.807) is 47.4 Å². The Morgan fingerprint density at radius 1 is 1.20 bits per heavy atom. The molecule has 20 heavy (non-hydrogen) atoms. The molecule has 0 heterocycles. The second-order valence-corrected chi connectivity index (χ2v) is 4.36. The fraction of sp³-hybridized carbons (Fsp3) is 0.0667. The molecule has 0 fully saturated rings. The van der Waals surface area contributed by atoms with Gasteiger partial charge in [-0.15, -0.1) is 0 Å². The van der Waals surface area contributed by atoms with Crippen molar-refractivity contribution in [1.82, 2.24) is 0 Å². The van der Waals surface area contributed by atoms with Crippen LogP contribution in [0.25, 0.3) is 0 Å². The Labute approximate surface area is 117 Å². The zero-order valence-electron chi connectivity index (χ0n) is 11.0. The summed E-state index contributed by atoms with van der Waals surface area (Å²) in [5.74, 6) is -0.513. The lowest BCUT2D eigenvalue weighted by Crippen LogP contribution is -2.18. The first-order valence-corrected chi connectivity index (χ1v) is 5.96. The average Bonchev–Trinajstić information content (AvgIpc) is 2.46. The van der Waals surface area contributed by atoms with Gasteiger partial charge in [0.2, 0.25) is 0 Å². The lowest BCUT2D eigenvalue weighted by molar-refractivity contribution is 0.100. The summed E-state index contributed by atoms with van der Waals surface area (Å²) in [5.41, 5.74) is 14.1. The summed E-state index contributed by atoms with van der Waals surface area (Å²) in [6.07, 6.45) is 0. The molecular formula is C15H14N4O. The molecule has 2 aromatic carbocycles. The van der Waals surface area contributed by atoms with E-state index in [4.69, 9.17) is 16.7 Å². The fourth-order valence-electron chi connectivity index (χ4n) is 1.93. The van der Waals surface area contributed by atoms with Crippen molar-refractivity contribution in [1.29, 1.82) is 5.26 Å². The number of primary amides is 1. The van der Waals surface area contributed by atoms with Gasteiger partial charge < -0.3 is 16.4 Å². The van der Waals surface area contributed by atoms with Crippen molar-refractivity contribution in [3.8, 4) is 6.07 Å². The van der Waals surface area contributed by atoms with Crippen LogP contribution in [0.15, 0.2) is 42.5 Å². The number of carbonyl (C=O) groups is 1. The van der Waals surface area contributed by atoms with Crippen molar-refractivity contribution in [2.75, 3.05) is 17.7 Å². The zero-order chi connectivity index (χ0) is 14.7. The van der Waals surface area contributed by atoms with Crippen LogP contribution in [-0.2, 0) is 0 Å². The van der Waals surface area contributed by atoms with Crippen LogP contribution >= 0.6 is 0 Å². The summed E-state index contributed by atoms with van der Waals surface area (Å²) in [6, 6.07) is 14.0. The first kappa shape index (κ1) is 13.4. The van der Waals surface area contributed by atoms with Crippen LogP contribution in [0.1, 0.15) is 15.9 Å². The maximum absolute atomic E-state index is 11.5. The Hall–Kier alpha value is -3.00. The minimum atomic E-state index is -0.513. The summed E-state index contributed by atoms with van der Waals surface area (Å²) < 4.78 is 0. The maximum Gasteiger partial charge on any atom is 0.250 e. The van der Waals surface area contributed by atoms with Crippen molar-refractivity contribution in [2.24, 2.45) is 5.73 Å². The van der Waals surface area contributed by atoms with Crippen LogP contribution < -0.4 is 16.4 Å². The summed E-state index contributed by atoms with van der Waals surface area (Å²) in [6.45, 7) is 0. The quantitative estimate of drug-likeness (QED) is 0.830. The van der Waals surface area contributed by atoms with Gasteiger partial charge >= 0.3 is 0 Å². The molecule has 0 aromatic heterocycles. The van der Waals surface area contributed by atoms with Crippen LogP contribution in [0.2, 0.25) is 0 Å². The van der Waals surface area contributed by atoms with Gasteiger partial charge in [0, 0.05) is 18.4 Å². The number of nitrogens with zero attached hydrogens (tertiary/aromatic N) is 2. The molecule has 0 spiro atoms. The van der Waals surface area contributed by atoms with Crippen molar-refractivity contribution < 1.29 is 4.79 Å². The molecule has 5 nitrogen and oxygen atoms in total. The van der Waals surface area contributed by atoms with Gasteiger partial charge in [-0.3, -0.25) is 4.79 Å². The molecule has 1 amide bonds. The SMILES string of the molecule is CN(c1ccc(C#N)cc1)c1cc(N)ccc1C(N)=O. The number of nitriles is 1. The van der Waals surface area contributed by atoms with Gasteiger partial charge in [0.1, 0.15) is 0 Å². The Bertz CT molecular complexity index is 686. The van der Waals surface area contributed by atoms with Crippen LogP contribution in [0.5, 0.6) is 0 Å². The zero-order valence-corrected chi connectivity index (χ0v) is 11.0. The smallest absolute Gasteiger partial charge is 0.250 e.